The second-order valence-corrected chi connectivity index (χ2v) is 6.36. The zero-order valence-corrected chi connectivity index (χ0v) is 14.4. The van der Waals surface area contributed by atoms with Crippen molar-refractivity contribution in [1.29, 1.82) is 0 Å². The number of nitrogens with zero attached hydrogens (tertiary/aromatic N) is 1. The maximum Gasteiger partial charge on any atom is 0.254 e. The van der Waals surface area contributed by atoms with E-state index in [2.05, 4.69) is 11.4 Å². The van der Waals surface area contributed by atoms with Gasteiger partial charge in [-0.2, -0.15) is 0 Å². The highest BCUT2D eigenvalue weighted by atomic mass is 16.7. The molecular weight excluding hydrogens is 332 g/mol. The second kappa shape index (κ2) is 5.36. The van der Waals surface area contributed by atoms with Crippen LogP contribution in [0.4, 0.5) is 0 Å². The van der Waals surface area contributed by atoms with E-state index >= 15 is 0 Å². The highest BCUT2D eigenvalue weighted by Crippen LogP contribution is 2.42. The van der Waals surface area contributed by atoms with Gasteiger partial charge in [-0.1, -0.05) is 0 Å². The molecule has 5 rings (SSSR count). The van der Waals surface area contributed by atoms with Crippen molar-refractivity contribution in [3.05, 3.63) is 47.0 Å². The van der Waals surface area contributed by atoms with Crippen LogP contribution in [0.15, 0.2) is 30.3 Å². The van der Waals surface area contributed by atoms with Crippen LogP contribution in [0.25, 0.3) is 22.2 Å². The minimum Gasteiger partial charge on any atom is -0.496 e. The summed E-state index contributed by atoms with van der Waals surface area (Å²) in [5, 5.41) is 3.67. The van der Waals surface area contributed by atoms with Crippen LogP contribution in [0.2, 0.25) is 0 Å². The van der Waals surface area contributed by atoms with Crippen LogP contribution in [-0.2, 0) is 6.42 Å². The zero-order chi connectivity index (χ0) is 17.8. The van der Waals surface area contributed by atoms with Crippen LogP contribution in [-0.4, -0.2) is 31.8 Å². The van der Waals surface area contributed by atoms with Gasteiger partial charge in [0, 0.05) is 30.5 Å². The predicted octanol–water partition coefficient (Wildman–Crippen LogP) is 2.90. The van der Waals surface area contributed by atoms with Gasteiger partial charge in [0.1, 0.15) is 5.75 Å². The summed E-state index contributed by atoms with van der Waals surface area (Å²) >= 11 is 0. The fourth-order valence-corrected chi connectivity index (χ4v) is 3.65. The van der Waals surface area contributed by atoms with Gasteiger partial charge in [-0.25, -0.2) is 4.98 Å². The summed E-state index contributed by atoms with van der Waals surface area (Å²) < 4.78 is 16.3. The largest absolute Gasteiger partial charge is 0.496 e. The van der Waals surface area contributed by atoms with Gasteiger partial charge >= 0.3 is 0 Å². The van der Waals surface area contributed by atoms with E-state index < -0.39 is 0 Å². The quantitative estimate of drug-likeness (QED) is 0.603. The van der Waals surface area contributed by atoms with E-state index in [0.717, 1.165) is 45.5 Å². The lowest BCUT2D eigenvalue weighted by Gasteiger charge is -2.10. The third-order valence-electron chi connectivity index (χ3n) is 4.92. The molecule has 0 radical (unpaired) electrons. The van der Waals surface area contributed by atoms with Gasteiger partial charge in [-0.05, 0) is 35.4 Å². The zero-order valence-electron chi connectivity index (χ0n) is 14.4. The molecule has 1 aromatic heterocycles. The molecule has 0 atom stereocenters. The van der Waals surface area contributed by atoms with Crippen molar-refractivity contribution in [3.63, 3.8) is 0 Å². The Balaban J connectivity index is 1.71. The lowest BCUT2D eigenvalue weighted by atomic mass is 10.0. The number of carbonyl (C=O) groups excluding carboxylic acids is 1. The van der Waals surface area contributed by atoms with E-state index in [-0.39, 0.29) is 12.7 Å². The number of hydrogen-bond acceptors (Lipinski definition) is 5. The molecule has 1 aliphatic carbocycles. The molecule has 2 aromatic carbocycles. The molecule has 0 bridgehead atoms. The molecule has 2 aliphatic rings. The maximum atomic E-state index is 12.2. The first-order valence-electron chi connectivity index (χ1n) is 8.34. The van der Waals surface area contributed by atoms with E-state index in [9.17, 15) is 4.79 Å². The van der Waals surface area contributed by atoms with Crippen molar-refractivity contribution in [2.75, 3.05) is 21.0 Å². The highest BCUT2D eigenvalue weighted by Gasteiger charge is 2.25. The van der Waals surface area contributed by atoms with E-state index in [0.29, 0.717) is 17.1 Å². The summed E-state index contributed by atoms with van der Waals surface area (Å²) in [6.45, 7) is 0.240. The Kier molecular flexibility index (Phi) is 3.09. The van der Waals surface area contributed by atoms with Crippen LogP contribution in [0, 0.1) is 0 Å². The molecule has 2 heterocycles. The fraction of sp³-hybridized carbons (Fsp3) is 0.200. The molecular formula is C20H16N2O4. The number of hydrogen-bond donors (Lipinski definition) is 1. The summed E-state index contributed by atoms with van der Waals surface area (Å²) in [5.74, 6) is 1.85. The molecule has 0 spiro atoms. The first kappa shape index (κ1) is 15.0. The Morgan fingerprint density at radius 2 is 1.92 bits per heavy atom. The number of carbonyl (C=O) groups is 1. The monoisotopic (exact) mass is 348 g/mol. The third kappa shape index (κ3) is 2.05. The fourth-order valence-electron chi connectivity index (χ4n) is 3.65. The summed E-state index contributed by atoms with van der Waals surface area (Å²) in [6.07, 6.45) is 0.756. The van der Waals surface area contributed by atoms with E-state index in [1.165, 1.54) is 0 Å². The van der Waals surface area contributed by atoms with Gasteiger partial charge in [0.15, 0.2) is 11.5 Å². The number of fused-ring (bicyclic) bond motifs is 5. The van der Waals surface area contributed by atoms with Crippen LogP contribution < -0.4 is 19.5 Å². The number of aromatic nitrogens is 1. The number of methoxy groups -OCH3 is 1. The molecule has 0 saturated heterocycles. The normalized spacial score (nSPS) is 13.5. The Labute approximate surface area is 149 Å². The Bertz CT molecular complexity index is 1090. The molecule has 130 valence electrons. The summed E-state index contributed by atoms with van der Waals surface area (Å²) in [5.41, 5.74) is 5.46. The first-order valence-corrected chi connectivity index (χ1v) is 8.34. The molecule has 1 amide bonds. The van der Waals surface area contributed by atoms with Gasteiger partial charge in [-0.3, -0.25) is 4.79 Å². The minimum atomic E-state index is -0.178. The standard InChI is InChI=1S/C20H16N2O4/c1-21-20(23)14-7-13-10(5-16(14)24-2)3-12-4-11-6-17-18(26-9-25-17)8-15(11)22-19(12)13/h4-8H,3,9H2,1-2H3,(H,21,23). The number of pyridine rings is 1. The van der Waals surface area contributed by atoms with Crippen molar-refractivity contribution in [3.8, 4) is 28.5 Å². The molecule has 26 heavy (non-hydrogen) atoms. The Hall–Kier alpha value is -3.28. The number of amides is 1. The second-order valence-electron chi connectivity index (χ2n) is 6.36. The number of rotatable bonds is 2. The summed E-state index contributed by atoms with van der Waals surface area (Å²) in [4.78, 5) is 17.1. The lowest BCUT2D eigenvalue weighted by molar-refractivity contribution is 0.0960. The first-order chi connectivity index (χ1) is 12.7. The van der Waals surface area contributed by atoms with Crippen LogP contribution in [0.1, 0.15) is 21.5 Å². The predicted molar refractivity (Wildman–Crippen MR) is 96.1 cm³/mol. The third-order valence-corrected chi connectivity index (χ3v) is 4.92. The molecule has 0 fully saturated rings. The number of benzene rings is 2. The maximum absolute atomic E-state index is 12.2. The Morgan fingerprint density at radius 3 is 2.69 bits per heavy atom. The van der Waals surface area contributed by atoms with Crippen LogP contribution in [0.3, 0.4) is 0 Å². The van der Waals surface area contributed by atoms with Gasteiger partial charge in [0.25, 0.3) is 5.91 Å². The van der Waals surface area contributed by atoms with E-state index in [4.69, 9.17) is 19.2 Å². The van der Waals surface area contributed by atoms with Gasteiger partial charge in [0.05, 0.1) is 23.9 Å². The summed E-state index contributed by atoms with van der Waals surface area (Å²) in [6, 6.07) is 9.79. The minimum absolute atomic E-state index is 0.178. The molecule has 1 aliphatic heterocycles. The topological polar surface area (TPSA) is 69.7 Å². The van der Waals surface area contributed by atoms with Gasteiger partial charge in [0.2, 0.25) is 6.79 Å². The van der Waals surface area contributed by atoms with Crippen LogP contribution in [0.5, 0.6) is 17.2 Å². The molecule has 1 N–H and O–H groups in total. The molecule has 6 heteroatoms. The van der Waals surface area contributed by atoms with E-state index in [1.54, 1.807) is 14.2 Å². The lowest BCUT2D eigenvalue weighted by Crippen LogP contribution is -2.18. The van der Waals surface area contributed by atoms with Crippen molar-refractivity contribution < 1.29 is 19.0 Å². The highest BCUT2D eigenvalue weighted by molar-refractivity contribution is 5.99. The Morgan fingerprint density at radius 1 is 1.12 bits per heavy atom. The van der Waals surface area contributed by atoms with Crippen molar-refractivity contribution >= 4 is 16.8 Å². The van der Waals surface area contributed by atoms with Gasteiger partial charge in [-0.15, -0.1) is 0 Å². The van der Waals surface area contributed by atoms with Crippen LogP contribution >= 0.6 is 0 Å². The molecule has 0 unspecified atom stereocenters. The molecule has 0 saturated carbocycles. The summed E-state index contributed by atoms with van der Waals surface area (Å²) in [7, 11) is 3.18. The number of nitrogens with one attached hydrogen (secondary N) is 1. The average molecular weight is 348 g/mol. The smallest absolute Gasteiger partial charge is 0.254 e. The molecule has 3 aromatic rings. The van der Waals surface area contributed by atoms with Crippen molar-refractivity contribution in [2.24, 2.45) is 0 Å². The SMILES string of the molecule is CNC(=O)c1cc2c(cc1OC)Cc1cc3cc4c(cc3nc1-2)OCO4. The van der Waals surface area contributed by atoms with Crippen molar-refractivity contribution in [2.45, 2.75) is 6.42 Å². The van der Waals surface area contributed by atoms with E-state index in [1.807, 2.05) is 24.3 Å². The number of ether oxygens (including phenoxy) is 3. The average Bonchev–Trinajstić information content (AvgIpc) is 3.25. The van der Waals surface area contributed by atoms with Crippen molar-refractivity contribution in [1.82, 2.24) is 10.3 Å². The van der Waals surface area contributed by atoms with Gasteiger partial charge < -0.3 is 19.5 Å². The molecule has 6 nitrogen and oxygen atoms in total.